The molecular weight excluding hydrogens is 170 g/mol. The number of rotatable bonds is 4. The van der Waals surface area contributed by atoms with E-state index in [1.54, 1.807) is 0 Å². The quantitative estimate of drug-likeness (QED) is 0.696. The zero-order valence-corrected chi connectivity index (χ0v) is 9.33. The molecule has 0 aliphatic carbocycles. The molecular formula is C13H19N. The van der Waals surface area contributed by atoms with Crippen molar-refractivity contribution in [3.05, 3.63) is 42.1 Å². The van der Waals surface area contributed by atoms with E-state index >= 15 is 0 Å². The highest BCUT2D eigenvalue weighted by Gasteiger charge is 2.03. The van der Waals surface area contributed by atoms with Crippen molar-refractivity contribution in [2.45, 2.75) is 26.7 Å². The van der Waals surface area contributed by atoms with Gasteiger partial charge in [0.15, 0.2) is 0 Å². The predicted molar refractivity (Wildman–Crippen MR) is 63.5 cm³/mol. The fourth-order valence-corrected chi connectivity index (χ4v) is 1.58. The molecule has 0 spiro atoms. The highest BCUT2D eigenvalue weighted by molar-refractivity contribution is 5.50. The average Bonchev–Trinajstić information content (AvgIpc) is 2.26. The lowest BCUT2D eigenvalue weighted by molar-refractivity contribution is 0.857. The Morgan fingerprint density at radius 3 is 2.43 bits per heavy atom. The molecule has 0 heterocycles. The van der Waals surface area contributed by atoms with Gasteiger partial charge in [-0.05, 0) is 25.5 Å². The Hall–Kier alpha value is -1.24. The maximum absolute atomic E-state index is 2.25. The van der Waals surface area contributed by atoms with Gasteiger partial charge >= 0.3 is 0 Å². The summed E-state index contributed by atoms with van der Waals surface area (Å²) in [5, 5.41) is 0. The summed E-state index contributed by atoms with van der Waals surface area (Å²) < 4.78 is 0. The van der Waals surface area contributed by atoms with Crippen LogP contribution in [-0.2, 0) is 0 Å². The lowest BCUT2D eigenvalue weighted by atomic mass is 10.2. The standard InChI is InChI=1S/C13H19N/c1-4-9-12(5-2)14(3)13-10-7-6-8-11-13/h5-8,10-11H,4,9H2,1-3H3/b12-5+. The third kappa shape index (κ3) is 2.63. The Kier molecular flexibility index (Phi) is 4.24. The van der Waals surface area contributed by atoms with Gasteiger partial charge in [-0.25, -0.2) is 0 Å². The van der Waals surface area contributed by atoms with Crippen LogP contribution in [-0.4, -0.2) is 7.05 Å². The number of hydrogen-bond donors (Lipinski definition) is 0. The number of hydrogen-bond acceptors (Lipinski definition) is 1. The van der Waals surface area contributed by atoms with Gasteiger partial charge < -0.3 is 4.90 Å². The lowest BCUT2D eigenvalue weighted by Gasteiger charge is -2.22. The molecule has 0 saturated carbocycles. The minimum atomic E-state index is 1.14. The van der Waals surface area contributed by atoms with Crippen molar-refractivity contribution < 1.29 is 0 Å². The second kappa shape index (κ2) is 5.48. The van der Waals surface area contributed by atoms with Crippen LogP contribution in [0.4, 0.5) is 5.69 Å². The van der Waals surface area contributed by atoms with E-state index in [2.05, 4.69) is 56.1 Å². The van der Waals surface area contributed by atoms with E-state index in [-0.39, 0.29) is 0 Å². The summed E-state index contributed by atoms with van der Waals surface area (Å²) in [5.41, 5.74) is 2.65. The minimum absolute atomic E-state index is 1.14. The number of anilines is 1. The van der Waals surface area contributed by atoms with Crippen LogP contribution >= 0.6 is 0 Å². The largest absolute Gasteiger partial charge is 0.349 e. The summed E-state index contributed by atoms with van der Waals surface area (Å²) >= 11 is 0. The van der Waals surface area contributed by atoms with E-state index < -0.39 is 0 Å². The molecule has 0 aliphatic heterocycles. The van der Waals surface area contributed by atoms with E-state index in [0.717, 1.165) is 6.42 Å². The molecule has 76 valence electrons. The Balaban J connectivity index is 2.78. The molecule has 0 aromatic heterocycles. The van der Waals surface area contributed by atoms with Gasteiger partial charge in [-0.3, -0.25) is 0 Å². The molecule has 0 radical (unpaired) electrons. The van der Waals surface area contributed by atoms with Gasteiger partial charge in [-0.2, -0.15) is 0 Å². The van der Waals surface area contributed by atoms with Crippen LogP contribution in [0.3, 0.4) is 0 Å². The van der Waals surface area contributed by atoms with Gasteiger partial charge in [0.1, 0.15) is 0 Å². The second-order valence-corrected chi connectivity index (χ2v) is 3.42. The molecule has 0 saturated heterocycles. The minimum Gasteiger partial charge on any atom is -0.349 e. The van der Waals surface area contributed by atoms with Gasteiger partial charge in [0.2, 0.25) is 0 Å². The molecule has 1 aromatic carbocycles. The van der Waals surface area contributed by atoms with Crippen molar-refractivity contribution in [3.8, 4) is 0 Å². The maximum atomic E-state index is 2.25. The van der Waals surface area contributed by atoms with Crippen molar-refractivity contribution in [3.63, 3.8) is 0 Å². The molecule has 0 aliphatic rings. The third-order valence-corrected chi connectivity index (χ3v) is 2.41. The zero-order valence-electron chi connectivity index (χ0n) is 9.33. The average molecular weight is 189 g/mol. The van der Waals surface area contributed by atoms with E-state index in [0.29, 0.717) is 0 Å². The van der Waals surface area contributed by atoms with Crippen molar-refractivity contribution in [2.24, 2.45) is 0 Å². The van der Waals surface area contributed by atoms with E-state index in [4.69, 9.17) is 0 Å². The van der Waals surface area contributed by atoms with Gasteiger partial charge in [-0.15, -0.1) is 0 Å². The van der Waals surface area contributed by atoms with Crippen molar-refractivity contribution in [1.29, 1.82) is 0 Å². The maximum Gasteiger partial charge on any atom is 0.0405 e. The molecule has 1 nitrogen and oxygen atoms in total. The number of para-hydroxylation sites is 1. The molecule has 1 rings (SSSR count). The Bertz CT molecular complexity index is 287. The first-order chi connectivity index (χ1) is 6.79. The fraction of sp³-hybridized carbons (Fsp3) is 0.385. The van der Waals surface area contributed by atoms with Gasteiger partial charge in [0, 0.05) is 18.4 Å². The molecule has 1 heteroatoms. The summed E-state index contributed by atoms with van der Waals surface area (Å²) in [4.78, 5) is 2.25. The van der Waals surface area contributed by atoms with Crippen molar-refractivity contribution >= 4 is 5.69 Å². The summed E-state index contributed by atoms with van der Waals surface area (Å²) in [7, 11) is 2.13. The van der Waals surface area contributed by atoms with Gasteiger partial charge in [0.25, 0.3) is 0 Å². The summed E-state index contributed by atoms with van der Waals surface area (Å²) in [5.74, 6) is 0. The van der Waals surface area contributed by atoms with Crippen LogP contribution in [0.15, 0.2) is 42.1 Å². The zero-order chi connectivity index (χ0) is 10.4. The second-order valence-electron chi connectivity index (χ2n) is 3.42. The number of nitrogens with zero attached hydrogens (tertiary/aromatic N) is 1. The van der Waals surface area contributed by atoms with Crippen LogP contribution in [0.1, 0.15) is 26.7 Å². The highest BCUT2D eigenvalue weighted by Crippen LogP contribution is 2.19. The van der Waals surface area contributed by atoms with Crippen LogP contribution in [0.25, 0.3) is 0 Å². The predicted octanol–water partition coefficient (Wildman–Crippen LogP) is 3.83. The molecule has 0 bridgehead atoms. The topological polar surface area (TPSA) is 3.24 Å². The first-order valence-corrected chi connectivity index (χ1v) is 5.23. The van der Waals surface area contributed by atoms with E-state index in [1.165, 1.54) is 17.8 Å². The summed E-state index contributed by atoms with van der Waals surface area (Å²) in [6, 6.07) is 10.5. The molecule has 0 amide bonds. The summed E-state index contributed by atoms with van der Waals surface area (Å²) in [6.07, 6.45) is 4.52. The van der Waals surface area contributed by atoms with Crippen molar-refractivity contribution in [1.82, 2.24) is 0 Å². The molecule has 0 N–H and O–H groups in total. The molecule has 0 unspecified atom stereocenters. The molecule has 1 aromatic rings. The van der Waals surface area contributed by atoms with Crippen LogP contribution in [0, 0.1) is 0 Å². The van der Waals surface area contributed by atoms with E-state index in [1.807, 2.05) is 6.07 Å². The smallest absolute Gasteiger partial charge is 0.0405 e. The van der Waals surface area contributed by atoms with Crippen molar-refractivity contribution in [2.75, 3.05) is 11.9 Å². The molecule has 14 heavy (non-hydrogen) atoms. The SMILES string of the molecule is C/C=C(\CCC)N(C)c1ccccc1. The van der Waals surface area contributed by atoms with Gasteiger partial charge in [0.05, 0.1) is 0 Å². The Labute approximate surface area is 87.1 Å². The van der Waals surface area contributed by atoms with Crippen LogP contribution < -0.4 is 4.90 Å². The first-order valence-electron chi connectivity index (χ1n) is 5.23. The number of allylic oxidation sites excluding steroid dienone is 2. The normalized spacial score (nSPS) is 11.5. The Morgan fingerprint density at radius 1 is 1.29 bits per heavy atom. The van der Waals surface area contributed by atoms with E-state index in [9.17, 15) is 0 Å². The summed E-state index contributed by atoms with van der Waals surface area (Å²) in [6.45, 7) is 4.31. The van der Waals surface area contributed by atoms with Gasteiger partial charge in [-0.1, -0.05) is 37.6 Å². The highest BCUT2D eigenvalue weighted by atomic mass is 15.1. The molecule has 0 fully saturated rings. The molecule has 0 atom stereocenters. The lowest BCUT2D eigenvalue weighted by Crippen LogP contribution is -2.15. The van der Waals surface area contributed by atoms with Crippen LogP contribution in [0.5, 0.6) is 0 Å². The Morgan fingerprint density at radius 2 is 1.93 bits per heavy atom. The fourth-order valence-electron chi connectivity index (χ4n) is 1.58. The number of benzene rings is 1. The first kappa shape index (κ1) is 10.8. The van der Waals surface area contributed by atoms with Crippen LogP contribution in [0.2, 0.25) is 0 Å². The monoisotopic (exact) mass is 189 g/mol. The third-order valence-electron chi connectivity index (χ3n) is 2.41.